The van der Waals surface area contributed by atoms with E-state index in [9.17, 15) is 0 Å². The highest BCUT2D eigenvalue weighted by molar-refractivity contribution is 6.31. The Hall–Kier alpha value is -1.55. The Labute approximate surface area is 79.3 Å². The van der Waals surface area contributed by atoms with Crippen molar-refractivity contribution in [3.63, 3.8) is 0 Å². The van der Waals surface area contributed by atoms with Crippen LogP contribution in [0.4, 0.5) is 5.69 Å². The van der Waals surface area contributed by atoms with E-state index in [4.69, 9.17) is 21.8 Å². The Morgan fingerprint density at radius 2 is 2.23 bits per heavy atom. The second-order valence-electron chi connectivity index (χ2n) is 2.48. The van der Waals surface area contributed by atoms with Crippen molar-refractivity contribution in [2.45, 2.75) is 0 Å². The number of aromatic nitrogens is 2. The summed E-state index contributed by atoms with van der Waals surface area (Å²) in [5.41, 5.74) is 6.92. The maximum Gasteiger partial charge on any atom is 0.249 e. The predicted octanol–water partition coefficient (Wildman–Crippen LogP) is 1.97. The van der Waals surface area contributed by atoms with Crippen LogP contribution >= 0.6 is 11.6 Å². The molecule has 0 radical (unpaired) electrons. The molecule has 1 heterocycles. The van der Waals surface area contributed by atoms with Crippen molar-refractivity contribution < 1.29 is 4.42 Å². The van der Waals surface area contributed by atoms with Crippen LogP contribution < -0.4 is 5.73 Å². The van der Waals surface area contributed by atoms with Gasteiger partial charge in [-0.25, -0.2) is 0 Å². The van der Waals surface area contributed by atoms with Gasteiger partial charge >= 0.3 is 0 Å². The van der Waals surface area contributed by atoms with Crippen LogP contribution in [0.2, 0.25) is 5.02 Å². The maximum absolute atomic E-state index is 5.73. The lowest BCUT2D eigenvalue weighted by Crippen LogP contribution is -1.89. The lowest BCUT2D eigenvalue weighted by atomic mass is 10.2. The Balaban J connectivity index is 2.53. The van der Waals surface area contributed by atoms with E-state index in [-0.39, 0.29) is 0 Å². The first-order chi connectivity index (χ1) is 6.27. The molecule has 0 spiro atoms. The molecule has 0 aliphatic carbocycles. The second-order valence-corrected chi connectivity index (χ2v) is 2.91. The summed E-state index contributed by atoms with van der Waals surface area (Å²) >= 11 is 5.73. The number of rotatable bonds is 1. The summed E-state index contributed by atoms with van der Waals surface area (Å²) < 4.78 is 4.99. The molecule has 0 aliphatic heterocycles. The molecular weight excluding hydrogens is 190 g/mol. The molecule has 13 heavy (non-hydrogen) atoms. The normalized spacial score (nSPS) is 10.2. The Bertz CT molecular complexity index is 413. The van der Waals surface area contributed by atoms with E-state index in [1.807, 2.05) is 0 Å². The van der Waals surface area contributed by atoms with E-state index >= 15 is 0 Å². The molecule has 0 saturated heterocycles. The van der Waals surface area contributed by atoms with Crippen LogP contribution in [-0.4, -0.2) is 10.2 Å². The van der Waals surface area contributed by atoms with Crippen LogP contribution in [0.1, 0.15) is 0 Å². The van der Waals surface area contributed by atoms with Gasteiger partial charge in [-0.1, -0.05) is 11.6 Å². The average Bonchev–Trinajstić information content (AvgIpc) is 2.56. The number of nitrogens with two attached hydrogens (primary N) is 1. The third kappa shape index (κ3) is 1.48. The summed E-state index contributed by atoms with van der Waals surface area (Å²) in [7, 11) is 0. The van der Waals surface area contributed by atoms with Crippen LogP contribution in [-0.2, 0) is 0 Å². The van der Waals surface area contributed by atoms with Gasteiger partial charge in [-0.05, 0) is 18.2 Å². The largest absolute Gasteiger partial charge is 0.423 e. The van der Waals surface area contributed by atoms with Gasteiger partial charge in [0.2, 0.25) is 12.3 Å². The van der Waals surface area contributed by atoms with Crippen LogP contribution in [0, 0.1) is 0 Å². The molecule has 2 N–H and O–H groups in total. The molecule has 0 fully saturated rings. The molecular formula is C8H6ClN3O. The number of hydrogen-bond acceptors (Lipinski definition) is 4. The molecule has 5 heteroatoms. The topological polar surface area (TPSA) is 64.9 Å². The summed E-state index contributed by atoms with van der Waals surface area (Å²) in [5.74, 6) is 0.397. The van der Waals surface area contributed by atoms with Gasteiger partial charge in [-0.2, -0.15) is 0 Å². The van der Waals surface area contributed by atoms with Gasteiger partial charge in [0.05, 0.1) is 5.56 Å². The molecule has 0 amide bonds. The molecule has 0 bridgehead atoms. The molecule has 1 aromatic carbocycles. The molecule has 0 aliphatic rings. The molecule has 0 unspecified atom stereocenters. The average molecular weight is 196 g/mol. The van der Waals surface area contributed by atoms with E-state index in [1.165, 1.54) is 6.39 Å². The van der Waals surface area contributed by atoms with Gasteiger partial charge in [-0.3, -0.25) is 0 Å². The molecule has 66 valence electrons. The number of nitrogen functional groups attached to an aromatic ring is 1. The highest BCUT2D eigenvalue weighted by Gasteiger charge is 2.07. The van der Waals surface area contributed by atoms with E-state index in [1.54, 1.807) is 18.2 Å². The van der Waals surface area contributed by atoms with Gasteiger partial charge in [-0.15, -0.1) is 10.2 Å². The SMILES string of the molecule is Nc1cc(Cl)ccc1-c1nnco1. The fourth-order valence-electron chi connectivity index (χ4n) is 1.02. The van der Waals surface area contributed by atoms with Crippen molar-refractivity contribution in [3.8, 4) is 11.5 Å². The van der Waals surface area contributed by atoms with Crippen molar-refractivity contribution in [3.05, 3.63) is 29.6 Å². The molecule has 0 atom stereocenters. The molecule has 0 saturated carbocycles. The van der Waals surface area contributed by atoms with Gasteiger partial charge in [0, 0.05) is 10.7 Å². The van der Waals surface area contributed by atoms with E-state index in [0.717, 1.165) is 0 Å². The van der Waals surface area contributed by atoms with Crippen LogP contribution in [0.15, 0.2) is 29.0 Å². The Kier molecular flexibility index (Phi) is 1.90. The molecule has 2 aromatic rings. The molecule has 2 rings (SSSR count). The molecule has 1 aromatic heterocycles. The predicted molar refractivity (Wildman–Crippen MR) is 49.2 cm³/mol. The first kappa shape index (κ1) is 8.07. The summed E-state index contributed by atoms with van der Waals surface area (Å²) in [6.45, 7) is 0. The Morgan fingerprint density at radius 1 is 1.38 bits per heavy atom. The summed E-state index contributed by atoms with van der Waals surface area (Å²) in [6.07, 6.45) is 1.25. The van der Waals surface area contributed by atoms with Gasteiger partial charge in [0.25, 0.3) is 0 Å². The summed E-state index contributed by atoms with van der Waals surface area (Å²) in [4.78, 5) is 0. The first-order valence-corrected chi connectivity index (χ1v) is 3.97. The molecule has 4 nitrogen and oxygen atoms in total. The lowest BCUT2D eigenvalue weighted by molar-refractivity contribution is 0.569. The van der Waals surface area contributed by atoms with Gasteiger partial charge in [0.15, 0.2) is 0 Å². The van der Waals surface area contributed by atoms with Gasteiger partial charge < -0.3 is 10.2 Å². The standard InChI is InChI=1S/C8H6ClN3O/c9-5-1-2-6(7(10)3-5)8-12-11-4-13-8/h1-4H,10H2. The van der Waals surface area contributed by atoms with Crippen molar-refractivity contribution >= 4 is 17.3 Å². The summed E-state index contributed by atoms with van der Waals surface area (Å²) in [6, 6.07) is 5.10. The van der Waals surface area contributed by atoms with Crippen molar-refractivity contribution in [1.82, 2.24) is 10.2 Å². The fraction of sp³-hybridized carbons (Fsp3) is 0. The van der Waals surface area contributed by atoms with Crippen LogP contribution in [0.25, 0.3) is 11.5 Å². The lowest BCUT2D eigenvalue weighted by Gasteiger charge is -1.99. The maximum atomic E-state index is 5.73. The minimum Gasteiger partial charge on any atom is -0.423 e. The van der Waals surface area contributed by atoms with Crippen molar-refractivity contribution in [2.24, 2.45) is 0 Å². The zero-order valence-electron chi connectivity index (χ0n) is 6.57. The zero-order valence-corrected chi connectivity index (χ0v) is 7.32. The highest BCUT2D eigenvalue weighted by Crippen LogP contribution is 2.26. The number of benzene rings is 1. The smallest absolute Gasteiger partial charge is 0.249 e. The highest BCUT2D eigenvalue weighted by atomic mass is 35.5. The number of halogens is 1. The van der Waals surface area contributed by atoms with E-state index in [0.29, 0.717) is 22.2 Å². The third-order valence-corrected chi connectivity index (χ3v) is 1.84. The van der Waals surface area contributed by atoms with E-state index in [2.05, 4.69) is 10.2 Å². The third-order valence-electron chi connectivity index (χ3n) is 1.60. The Morgan fingerprint density at radius 3 is 2.85 bits per heavy atom. The number of anilines is 1. The minimum absolute atomic E-state index is 0.397. The monoisotopic (exact) mass is 195 g/mol. The van der Waals surface area contributed by atoms with Crippen LogP contribution in [0.5, 0.6) is 0 Å². The zero-order chi connectivity index (χ0) is 9.26. The van der Waals surface area contributed by atoms with E-state index < -0.39 is 0 Å². The quantitative estimate of drug-likeness (QED) is 0.707. The number of hydrogen-bond donors (Lipinski definition) is 1. The van der Waals surface area contributed by atoms with Crippen LogP contribution in [0.3, 0.4) is 0 Å². The van der Waals surface area contributed by atoms with Crippen molar-refractivity contribution in [2.75, 3.05) is 5.73 Å². The van der Waals surface area contributed by atoms with Crippen molar-refractivity contribution in [1.29, 1.82) is 0 Å². The minimum atomic E-state index is 0.397. The van der Waals surface area contributed by atoms with Gasteiger partial charge in [0.1, 0.15) is 0 Å². The fourth-order valence-corrected chi connectivity index (χ4v) is 1.20. The number of nitrogens with zero attached hydrogens (tertiary/aromatic N) is 2. The second kappa shape index (κ2) is 3.06. The first-order valence-electron chi connectivity index (χ1n) is 3.59. The summed E-state index contributed by atoms with van der Waals surface area (Å²) in [5, 5.41) is 7.88.